The molecular formula is C10H10O3. The molecule has 0 radical (unpaired) electrons. The van der Waals surface area contributed by atoms with E-state index in [1.807, 2.05) is 0 Å². The van der Waals surface area contributed by atoms with Gasteiger partial charge in [0.05, 0.1) is 18.9 Å². The molecular weight excluding hydrogens is 168 g/mol. The summed E-state index contributed by atoms with van der Waals surface area (Å²) in [4.78, 5) is 10.6. The molecule has 13 heavy (non-hydrogen) atoms. The molecule has 0 spiro atoms. The molecule has 0 amide bonds. The smallest absolute Gasteiger partial charge is 0.171 e. The van der Waals surface area contributed by atoms with E-state index in [4.69, 9.17) is 9.47 Å². The van der Waals surface area contributed by atoms with E-state index in [-0.39, 0.29) is 0 Å². The lowest BCUT2D eigenvalue weighted by Gasteiger charge is -2.08. The van der Waals surface area contributed by atoms with Gasteiger partial charge in [0, 0.05) is 0 Å². The highest BCUT2D eigenvalue weighted by molar-refractivity contribution is 5.81. The molecule has 0 unspecified atom stereocenters. The van der Waals surface area contributed by atoms with Crippen molar-refractivity contribution in [2.75, 3.05) is 7.11 Å². The highest BCUT2D eigenvalue weighted by Crippen LogP contribution is 2.29. The monoisotopic (exact) mass is 178 g/mol. The number of benzene rings is 1. The van der Waals surface area contributed by atoms with Crippen LogP contribution < -0.4 is 9.47 Å². The van der Waals surface area contributed by atoms with Crippen LogP contribution in [0.5, 0.6) is 11.5 Å². The maximum absolute atomic E-state index is 10.6. The highest BCUT2D eigenvalue weighted by atomic mass is 16.5. The summed E-state index contributed by atoms with van der Waals surface area (Å²) >= 11 is 0. The SMILES string of the molecule is C=COc1cccc(C=O)c1OC. The van der Waals surface area contributed by atoms with Crippen LogP contribution in [0, 0.1) is 0 Å². The van der Waals surface area contributed by atoms with Crippen LogP contribution in [0.15, 0.2) is 31.0 Å². The van der Waals surface area contributed by atoms with Crippen molar-refractivity contribution in [2.45, 2.75) is 0 Å². The zero-order chi connectivity index (χ0) is 9.68. The van der Waals surface area contributed by atoms with Gasteiger partial charge in [-0.05, 0) is 12.1 Å². The Labute approximate surface area is 76.6 Å². The molecule has 0 saturated heterocycles. The summed E-state index contributed by atoms with van der Waals surface area (Å²) in [6.45, 7) is 3.42. The number of hydrogen-bond acceptors (Lipinski definition) is 3. The van der Waals surface area contributed by atoms with Gasteiger partial charge in [0.25, 0.3) is 0 Å². The normalized spacial score (nSPS) is 9.00. The van der Waals surface area contributed by atoms with Gasteiger partial charge in [-0.15, -0.1) is 0 Å². The zero-order valence-corrected chi connectivity index (χ0v) is 7.32. The maximum atomic E-state index is 10.6. The Balaban J connectivity index is 3.17. The van der Waals surface area contributed by atoms with Crippen molar-refractivity contribution < 1.29 is 14.3 Å². The lowest BCUT2D eigenvalue weighted by atomic mass is 10.2. The molecule has 0 aliphatic heterocycles. The quantitative estimate of drug-likeness (QED) is 0.522. The van der Waals surface area contributed by atoms with E-state index in [0.717, 1.165) is 6.29 Å². The Kier molecular flexibility index (Phi) is 3.09. The minimum Gasteiger partial charge on any atom is -0.492 e. The molecule has 0 heterocycles. The first-order valence-electron chi connectivity index (χ1n) is 3.73. The van der Waals surface area contributed by atoms with Crippen molar-refractivity contribution in [3.8, 4) is 11.5 Å². The Bertz CT molecular complexity index is 318. The first kappa shape index (κ1) is 9.32. The van der Waals surface area contributed by atoms with E-state index in [2.05, 4.69) is 6.58 Å². The minimum absolute atomic E-state index is 0.428. The summed E-state index contributed by atoms with van der Waals surface area (Å²) in [6, 6.07) is 5.07. The average Bonchev–Trinajstić information content (AvgIpc) is 2.18. The van der Waals surface area contributed by atoms with Gasteiger partial charge in [0.1, 0.15) is 0 Å². The van der Waals surface area contributed by atoms with E-state index in [1.165, 1.54) is 13.4 Å². The summed E-state index contributed by atoms with van der Waals surface area (Å²) in [5.74, 6) is 0.916. The molecule has 3 heteroatoms. The molecule has 1 aromatic rings. The third kappa shape index (κ3) is 1.87. The van der Waals surface area contributed by atoms with E-state index in [1.54, 1.807) is 18.2 Å². The van der Waals surface area contributed by atoms with Crippen LogP contribution >= 0.6 is 0 Å². The van der Waals surface area contributed by atoms with Gasteiger partial charge >= 0.3 is 0 Å². The number of ether oxygens (including phenoxy) is 2. The summed E-state index contributed by atoms with van der Waals surface area (Å²) in [5, 5.41) is 0. The predicted molar refractivity (Wildman–Crippen MR) is 49.2 cm³/mol. The molecule has 0 aliphatic carbocycles. The summed E-state index contributed by atoms with van der Waals surface area (Å²) < 4.78 is 10.1. The molecule has 0 bridgehead atoms. The predicted octanol–water partition coefficient (Wildman–Crippen LogP) is 2.03. The maximum Gasteiger partial charge on any atom is 0.171 e. The Morgan fingerprint density at radius 3 is 2.77 bits per heavy atom. The van der Waals surface area contributed by atoms with Crippen molar-refractivity contribution in [3.63, 3.8) is 0 Å². The molecule has 0 atom stereocenters. The number of carbonyl (C=O) groups excluding carboxylic acids is 1. The van der Waals surface area contributed by atoms with E-state index >= 15 is 0 Å². The summed E-state index contributed by atoms with van der Waals surface area (Å²) in [7, 11) is 1.48. The fraction of sp³-hybridized carbons (Fsp3) is 0.100. The fourth-order valence-electron chi connectivity index (χ4n) is 1.03. The molecule has 3 nitrogen and oxygen atoms in total. The third-order valence-corrected chi connectivity index (χ3v) is 1.55. The minimum atomic E-state index is 0.428. The van der Waals surface area contributed by atoms with Crippen molar-refractivity contribution in [2.24, 2.45) is 0 Å². The molecule has 0 N–H and O–H groups in total. The molecule has 0 saturated carbocycles. The largest absolute Gasteiger partial charge is 0.492 e. The molecule has 68 valence electrons. The second kappa shape index (κ2) is 4.30. The molecule has 1 rings (SSSR count). The Morgan fingerprint density at radius 2 is 2.23 bits per heavy atom. The second-order valence-corrected chi connectivity index (χ2v) is 2.28. The zero-order valence-electron chi connectivity index (χ0n) is 7.32. The van der Waals surface area contributed by atoms with Crippen molar-refractivity contribution in [1.82, 2.24) is 0 Å². The third-order valence-electron chi connectivity index (χ3n) is 1.55. The Hall–Kier alpha value is -1.77. The summed E-state index contributed by atoms with van der Waals surface area (Å²) in [6.07, 6.45) is 2.00. The Morgan fingerprint density at radius 1 is 1.46 bits per heavy atom. The van der Waals surface area contributed by atoms with Gasteiger partial charge < -0.3 is 9.47 Å². The average molecular weight is 178 g/mol. The number of rotatable bonds is 4. The van der Waals surface area contributed by atoms with Gasteiger partial charge in [-0.3, -0.25) is 4.79 Å². The molecule has 0 aliphatic rings. The fourth-order valence-corrected chi connectivity index (χ4v) is 1.03. The van der Waals surface area contributed by atoms with Gasteiger partial charge in [-0.25, -0.2) is 0 Å². The number of hydrogen-bond donors (Lipinski definition) is 0. The first-order valence-corrected chi connectivity index (χ1v) is 3.73. The molecule has 0 fully saturated rings. The van der Waals surface area contributed by atoms with Crippen LogP contribution in [-0.4, -0.2) is 13.4 Å². The van der Waals surface area contributed by atoms with E-state index in [0.29, 0.717) is 17.1 Å². The highest BCUT2D eigenvalue weighted by Gasteiger charge is 2.07. The van der Waals surface area contributed by atoms with Gasteiger partial charge in [-0.1, -0.05) is 12.6 Å². The first-order chi connectivity index (χ1) is 6.33. The van der Waals surface area contributed by atoms with Crippen LogP contribution in [0.2, 0.25) is 0 Å². The number of aldehydes is 1. The van der Waals surface area contributed by atoms with Crippen molar-refractivity contribution >= 4 is 6.29 Å². The van der Waals surface area contributed by atoms with Crippen molar-refractivity contribution in [1.29, 1.82) is 0 Å². The van der Waals surface area contributed by atoms with E-state index < -0.39 is 0 Å². The lowest BCUT2D eigenvalue weighted by Crippen LogP contribution is -1.93. The van der Waals surface area contributed by atoms with Crippen LogP contribution in [0.1, 0.15) is 10.4 Å². The van der Waals surface area contributed by atoms with Crippen LogP contribution in [0.3, 0.4) is 0 Å². The topological polar surface area (TPSA) is 35.5 Å². The van der Waals surface area contributed by atoms with Crippen LogP contribution in [0.25, 0.3) is 0 Å². The van der Waals surface area contributed by atoms with Gasteiger partial charge in [-0.2, -0.15) is 0 Å². The van der Waals surface area contributed by atoms with Gasteiger partial charge in [0.2, 0.25) is 0 Å². The van der Waals surface area contributed by atoms with Crippen molar-refractivity contribution in [3.05, 3.63) is 36.6 Å². The second-order valence-electron chi connectivity index (χ2n) is 2.28. The van der Waals surface area contributed by atoms with Crippen LogP contribution in [-0.2, 0) is 0 Å². The molecule has 0 aromatic heterocycles. The van der Waals surface area contributed by atoms with E-state index in [9.17, 15) is 4.79 Å². The van der Waals surface area contributed by atoms with Gasteiger partial charge in [0.15, 0.2) is 17.8 Å². The standard InChI is InChI=1S/C10H10O3/c1-3-13-9-6-4-5-8(7-11)10(9)12-2/h3-7H,1H2,2H3. The number of methoxy groups -OCH3 is 1. The van der Waals surface area contributed by atoms with Crippen LogP contribution in [0.4, 0.5) is 0 Å². The number of para-hydroxylation sites is 1. The molecule has 1 aromatic carbocycles. The number of carbonyl (C=O) groups is 1. The summed E-state index contributed by atoms with van der Waals surface area (Å²) in [5.41, 5.74) is 0.460. The lowest BCUT2D eigenvalue weighted by molar-refractivity contribution is 0.112.